The van der Waals surface area contributed by atoms with Crippen molar-refractivity contribution in [3.63, 3.8) is 0 Å². The van der Waals surface area contributed by atoms with Crippen LogP contribution < -0.4 is 0 Å². The van der Waals surface area contributed by atoms with E-state index in [-0.39, 0.29) is 18.3 Å². The third-order valence-corrected chi connectivity index (χ3v) is 3.88. The molecule has 3 atom stereocenters. The van der Waals surface area contributed by atoms with Crippen molar-refractivity contribution in [1.82, 2.24) is 0 Å². The first kappa shape index (κ1) is 9.47. The van der Waals surface area contributed by atoms with Crippen LogP contribution in [0.15, 0.2) is 0 Å². The summed E-state index contributed by atoms with van der Waals surface area (Å²) < 4.78 is 6.01. The molecule has 0 radical (unpaired) electrons. The normalized spacial score (nSPS) is 44.8. The van der Waals surface area contributed by atoms with E-state index in [0.717, 1.165) is 12.3 Å². The predicted octanol–water partition coefficient (Wildman–Crippen LogP) is 2.11. The summed E-state index contributed by atoms with van der Waals surface area (Å²) in [5, 5.41) is 9.04. The molecule has 0 bridgehead atoms. The second-order valence-corrected chi connectivity index (χ2v) is 4.52. The quantitative estimate of drug-likeness (QED) is 0.712. The van der Waals surface area contributed by atoms with Gasteiger partial charge in [-0.25, -0.2) is 0 Å². The molecule has 2 heteroatoms. The van der Waals surface area contributed by atoms with Gasteiger partial charge in [0.05, 0.1) is 18.3 Å². The van der Waals surface area contributed by atoms with Gasteiger partial charge in [0.25, 0.3) is 0 Å². The standard InChI is InChI=1S/C11H20O2/c1-2-9-4-3-6-11(9)7-5-10(8-12)13-11/h9-10,12H,2-8H2,1H3/t9-,10+,11+/m1/s1. The molecule has 0 aromatic rings. The minimum Gasteiger partial charge on any atom is -0.394 e. The monoisotopic (exact) mass is 184 g/mol. The molecule has 0 unspecified atom stereocenters. The maximum Gasteiger partial charge on any atom is 0.0814 e. The van der Waals surface area contributed by atoms with Crippen LogP contribution in [0.25, 0.3) is 0 Å². The molecule has 2 fully saturated rings. The number of aliphatic hydroxyl groups is 1. The van der Waals surface area contributed by atoms with Crippen molar-refractivity contribution in [2.45, 2.75) is 57.2 Å². The lowest BCUT2D eigenvalue weighted by atomic mass is 9.86. The third-order valence-electron chi connectivity index (χ3n) is 3.88. The summed E-state index contributed by atoms with van der Waals surface area (Å²) >= 11 is 0. The van der Waals surface area contributed by atoms with Crippen molar-refractivity contribution in [2.24, 2.45) is 5.92 Å². The minimum atomic E-state index is 0.132. The fraction of sp³-hybridized carbons (Fsp3) is 1.00. The molecular weight excluding hydrogens is 164 g/mol. The molecule has 1 heterocycles. The lowest BCUT2D eigenvalue weighted by Crippen LogP contribution is -2.33. The van der Waals surface area contributed by atoms with Crippen LogP contribution >= 0.6 is 0 Å². The topological polar surface area (TPSA) is 29.5 Å². The average Bonchev–Trinajstić information content (AvgIpc) is 2.74. The van der Waals surface area contributed by atoms with Gasteiger partial charge in [-0.05, 0) is 31.6 Å². The average molecular weight is 184 g/mol. The number of hydrogen-bond acceptors (Lipinski definition) is 2. The van der Waals surface area contributed by atoms with Gasteiger partial charge in [-0.3, -0.25) is 0 Å². The molecule has 1 N–H and O–H groups in total. The van der Waals surface area contributed by atoms with Crippen LogP contribution in [-0.4, -0.2) is 23.4 Å². The van der Waals surface area contributed by atoms with Crippen molar-refractivity contribution in [3.05, 3.63) is 0 Å². The molecular formula is C11H20O2. The second kappa shape index (κ2) is 3.58. The van der Waals surface area contributed by atoms with Crippen LogP contribution in [0.3, 0.4) is 0 Å². The predicted molar refractivity (Wildman–Crippen MR) is 51.6 cm³/mol. The van der Waals surface area contributed by atoms with E-state index in [9.17, 15) is 0 Å². The van der Waals surface area contributed by atoms with E-state index in [1.54, 1.807) is 0 Å². The van der Waals surface area contributed by atoms with Gasteiger partial charge in [0.1, 0.15) is 0 Å². The maximum atomic E-state index is 9.04. The van der Waals surface area contributed by atoms with Crippen LogP contribution in [0, 0.1) is 5.92 Å². The molecule has 13 heavy (non-hydrogen) atoms. The van der Waals surface area contributed by atoms with Gasteiger partial charge < -0.3 is 9.84 Å². The summed E-state index contributed by atoms with van der Waals surface area (Å²) in [6.07, 6.45) is 7.47. The Kier molecular flexibility index (Phi) is 2.61. The lowest BCUT2D eigenvalue weighted by Gasteiger charge is -2.30. The Labute approximate surface area is 80.3 Å². The molecule has 1 saturated carbocycles. The zero-order chi connectivity index (χ0) is 9.31. The Morgan fingerprint density at radius 3 is 2.85 bits per heavy atom. The molecule has 0 aromatic carbocycles. The van der Waals surface area contributed by atoms with E-state index >= 15 is 0 Å². The molecule has 2 nitrogen and oxygen atoms in total. The largest absolute Gasteiger partial charge is 0.394 e. The second-order valence-electron chi connectivity index (χ2n) is 4.52. The first-order valence-corrected chi connectivity index (χ1v) is 5.59. The Balaban J connectivity index is 2.04. The highest BCUT2D eigenvalue weighted by Gasteiger charge is 2.47. The highest BCUT2D eigenvalue weighted by atomic mass is 16.5. The minimum absolute atomic E-state index is 0.132. The fourth-order valence-corrected chi connectivity index (χ4v) is 3.16. The first-order chi connectivity index (χ1) is 6.30. The summed E-state index contributed by atoms with van der Waals surface area (Å²) in [5.74, 6) is 0.754. The van der Waals surface area contributed by atoms with Gasteiger partial charge in [0.15, 0.2) is 0 Å². The van der Waals surface area contributed by atoms with Gasteiger partial charge in [0.2, 0.25) is 0 Å². The molecule has 2 aliphatic rings. The number of ether oxygens (including phenoxy) is 1. The fourth-order valence-electron chi connectivity index (χ4n) is 3.16. The van der Waals surface area contributed by atoms with E-state index < -0.39 is 0 Å². The summed E-state index contributed by atoms with van der Waals surface area (Å²) in [5.41, 5.74) is 0.169. The van der Waals surface area contributed by atoms with Crippen LogP contribution in [0.5, 0.6) is 0 Å². The van der Waals surface area contributed by atoms with E-state index in [0.29, 0.717) is 0 Å². The van der Waals surface area contributed by atoms with Crippen molar-refractivity contribution in [1.29, 1.82) is 0 Å². The SMILES string of the molecule is CC[C@@H]1CCC[C@]12CC[C@@H](CO)O2. The van der Waals surface area contributed by atoms with Gasteiger partial charge in [-0.2, -0.15) is 0 Å². The number of aliphatic hydroxyl groups excluding tert-OH is 1. The Bertz CT molecular complexity index is 181. The smallest absolute Gasteiger partial charge is 0.0814 e. The Morgan fingerprint density at radius 2 is 2.23 bits per heavy atom. The number of hydrogen-bond donors (Lipinski definition) is 1. The summed E-state index contributed by atoms with van der Waals surface area (Å²) in [7, 11) is 0. The first-order valence-electron chi connectivity index (χ1n) is 5.59. The van der Waals surface area contributed by atoms with Gasteiger partial charge in [0, 0.05) is 0 Å². The van der Waals surface area contributed by atoms with Crippen molar-refractivity contribution in [2.75, 3.05) is 6.61 Å². The van der Waals surface area contributed by atoms with Gasteiger partial charge >= 0.3 is 0 Å². The molecule has 0 amide bonds. The van der Waals surface area contributed by atoms with Crippen molar-refractivity contribution < 1.29 is 9.84 Å². The third kappa shape index (κ3) is 1.50. The molecule has 2 rings (SSSR count). The molecule has 1 aliphatic carbocycles. The van der Waals surface area contributed by atoms with Crippen LogP contribution in [0.4, 0.5) is 0 Å². The summed E-state index contributed by atoms with van der Waals surface area (Å²) in [4.78, 5) is 0. The highest BCUT2D eigenvalue weighted by Crippen LogP contribution is 2.48. The van der Waals surface area contributed by atoms with Crippen molar-refractivity contribution >= 4 is 0 Å². The van der Waals surface area contributed by atoms with E-state index in [4.69, 9.17) is 9.84 Å². The van der Waals surface area contributed by atoms with E-state index in [2.05, 4.69) is 6.92 Å². The molecule has 1 spiro atoms. The Hall–Kier alpha value is -0.0800. The molecule has 0 aromatic heterocycles. The zero-order valence-corrected chi connectivity index (χ0v) is 8.46. The van der Waals surface area contributed by atoms with Crippen LogP contribution in [0.2, 0.25) is 0 Å². The van der Waals surface area contributed by atoms with Crippen LogP contribution in [-0.2, 0) is 4.74 Å². The number of rotatable bonds is 2. The molecule has 1 saturated heterocycles. The van der Waals surface area contributed by atoms with Crippen LogP contribution in [0.1, 0.15) is 45.4 Å². The van der Waals surface area contributed by atoms with Crippen molar-refractivity contribution in [3.8, 4) is 0 Å². The zero-order valence-electron chi connectivity index (χ0n) is 8.46. The Morgan fingerprint density at radius 1 is 1.38 bits per heavy atom. The van der Waals surface area contributed by atoms with E-state index in [1.807, 2.05) is 0 Å². The maximum absolute atomic E-state index is 9.04. The highest BCUT2D eigenvalue weighted by molar-refractivity contribution is 4.98. The van der Waals surface area contributed by atoms with Gasteiger partial charge in [-0.1, -0.05) is 19.8 Å². The molecule has 76 valence electrons. The molecule has 1 aliphatic heterocycles. The summed E-state index contributed by atoms with van der Waals surface area (Å²) in [6.45, 7) is 2.46. The van der Waals surface area contributed by atoms with Gasteiger partial charge in [-0.15, -0.1) is 0 Å². The van der Waals surface area contributed by atoms with E-state index in [1.165, 1.54) is 32.1 Å². The summed E-state index contributed by atoms with van der Waals surface area (Å²) in [6, 6.07) is 0. The lowest BCUT2D eigenvalue weighted by molar-refractivity contribution is -0.0808.